The molecule has 18 heavy (non-hydrogen) atoms. The first-order valence-electron chi connectivity index (χ1n) is 5.47. The first kappa shape index (κ1) is 12.0. The molecule has 4 nitrogen and oxygen atoms in total. The van der Waals surface area contributed by atoms with E-state index in [0.717, 1.165) is 0 Å². The predicted octanol–water partition coefficient (Wildman–Crippen LogP) is 2.66. The quantitative estimate of drug-likeness (QED) is 0.759. The van der Waals surface area contributed by atoms with E-state index in [1.54, 1.807) is 37.3 Å². The Morgan fingerprint density at radius 1 is 1.11 bits per heavy atom. The maximum Gasteiger partial charge on any atom is 0.259 e. The van der Waals surface area contributed by atoms with Crippen LogP contribution in [0.5, 0.6) is 11.5 Å². The third-order valence-corrected chi connectivity index (χ3v) is 2.59. The van der Waals surface area contributed by atoms with Crippen LogP contribution in [0.4, 0.5) is 5.69 Å². The highest BCUT2D eigenvalue weighted by molar-refractivity contribution is 6.06. The number of nitrogens with one attached hydrogen (secondary N) is 1. The molecule has 0 aliphatic rings. The van der Waals surface area contributed by atoms with Gasteiger partial charge >= 0.3 is 0 Å². The minimum Gasteiger partial charge on any atom is -0.508 e. The summed E-state index contributed by atoms with van der Waals surface area (Å²) in [5.74, 6) is -0.377. The Morgan fingerprint density at radius 2 is 1.83 bits per heavy atom. The van der Waals surface area contributed by atoms with Crippen LogP contribution in [-0.4, -0.2) is 16.1 Å². The summed E-state index contributed by atoms with van der Waals surface area (Å²) in [4.78, 5) is 11.9. The normalized spacial score (nSPS) is 10.1. The maximum absolute atomic E-state index is 11.9. The maximum atomic E-state index is 11.9. The summed E-state index contributed by atoms with van der Waals surface area (Å²) in [6.45, 7) is 1.72. The molecule has 0 aliphatic carbocycles. The molecule has 4 heteroatoms. The molecule has 0 aromatic heterocycles. The van der Waals surface area contributed by atoms with E-state index in [1.165, 1.54) is 12.1 Å². The highest BCUT2D eigenvalue weighted by Gasteiger charge is 2.12. The molecule has 0 saturated heterocycles. The first-order chi connectivity index (χ1) is 8.58. The molecule has 0 aliphatic heterocycles. The van der Waals surface area contributed by atoms with Crippen molar-refractivity contribution in [2.24, 2.45) is 0 Å². The number of para-hydroxylation sites is 1. The molecule has 0 radical (unpaired) electrons. The topological polar surface area (TPSA) is 69.6 Å². The molecule has 2 rings (SSSR count). The van der Waals surface area contributed by atoms with E-state index in [-0.39, 0.29) is 17.1 Å². The second-order valence-corrected chi connectivity index (χ2v) is 3.98. The lowest BCUT2D eigenvalue weighted by atomic mass is 10.1. The third-order valence-electron chi connectivity index (χ3n) is 2.59. The van der Waals surface area contributed by atoms with Gasteiger partial charge in [-0.25, -0.2) is 0 Å². The first-order valence-corrected chi connectivity index (χ1v) is 5.47. The van der Waals surface area contributed by atoms with Gasteiger partial charge in [0.05, 0.1) is 5.56 Å². The molecule has 3 N–H and O–H groups in total. The summed E-state index contributed by atoms with van der Waals surface area (Å²) in [6, 6.07) is 11.2. The predicted molar refractivity (Wildman–Crippen MR) is 68.9 cm³/mol. The monoisotopic (exact) mass is 243 g/mol. The number of hydrogen-bond donors (Lipinski definition) is 3. The zero-order valence-corrected chi connectivity index (χ0v) is 9.84. The Kier molecular flexibility index (Phi) is 3.19. The molecule has 0 bridgehead atoms. The summed E-state index contributed by atoms with van der Waals surface area (Å²) in [7, 11) is 0. The van der Waals surface area contributed by atoms with Gasteiger partial charge in [0.1, 0.15) is 11.5 Å². The zero-order chi connectivity index (χ0) is 13.1. The second-order valence-electron chi connectivity index (χ2n) is 3.98. The highest BCUT2D eigenvalue weighted by atomic mass is 16.3. The van der Waals surface area contributed by atoms with Gasteiger partial charge in [-0.2, -0.15) is 0 Å². The molecular weight excluding hydrogens is 230 g/mol. The number of aryl methyl sites for hydroxylation is 1. The van der Waals surface area contributed by atoms with Gasteiger partial charge in [-0.05, 0) is 30.7 Å². The van der Waals surface area contributed by atoms with Crippen molar-refractivity contribution in [3.63, 3.8) is 0 Å². The van der Waals surface area contributed by atoms with Crippen molar-refractivity contribution in [3.8, 4) is 11.5 Å². The number of aromatic hydroxyl groups is 2. The minimum atomic E-state index is -0.415. The third kappa shape index (κ3) is 2.43. The van der Waals surface area contributed by atoms with Gasteiger partial charge in [-0.15, -0.1) is 0 Å². The molecule has 92 valence electrons. The fourth-order valence-corrected chi connectivity index (χ4v) is 1.62. The van der Waals surface area contributed by atoms with Crippen molar-refractivity contribution < 1.29 is 15.0 Å². The Bertz CT molecular complexity index is 593. The van der Waals surface area contributed by atoms with E-state index in [0.29, 0.717) is 11.3 Å². The molecule has 0 fully saturated rings. The van der Waals surface area contributed by atoms with Crippen LogP contribution in [0.15, 0.2) is 42.5 Å². The number of benzene rings is 2. The van der Waals surface area contributed by atoms with Crippen LogP contribution < -0.4 is 5.32 Å². The number of carbonyl (C=O) groups is 1. The van der Waals surface area contributed by atoms with E-state index < -0.39 is 5.91 Å². The van der Waals surface area contributed by atoms with Gasteiger partial charge in [0.2, 0.25) is 0 Å². The number of phenols is 2. The molecule has 2 aromatic carbocycles. The van der Waals surface area contributed by atoms with Crippen molar-refractivity contribution in [3.05, 3.63) is 53.6 Å². The van der Waals surface area contributed by atoms with Crippen molar-refractivity contribution in [2.45, 2.75) is 6.92 Å². The van der Waals surface area contributed by atoms with Gasteiger partial charge in [0, 0.05) is 11.8 Å². The van der Waals surface area contributed by atoms with Crippen molar-refractivity contribution in [1.82, 2.24) is 0 Å². The van der Waals surface area contributed by atoms with Gasteiger partial charge in [-0.3, -0.25) is 4.79 Å². The lowest BCUT2D eigenvalue weighted by Crippen LogP contribution is -2.12. The number of rotatable bonds is 2. The molecule has 1 amide bonds. The van der Waals surface area contributed by atoms with Crippen LogP contribution in [0.25, 0.3) is 0 Å². The van der Waals surface area contributed by atoms with Crippen LogP contribution in [0.3, 0.4) is 0 Å². The lowest BCUT2D eigenvalue weighted by Gasteiger charge is -2.08. The van der Waals surface area contributed by atoms with Crippen LogP contribution >= 0.6 is 0 Å². The van der Waals surface area contributed by atoms with Crippen LogP contribution in [0, 0.1) is 6.92 Å². The van der Waals surface area contributed by atoms with Crippen LogP contribution in [0.1, 0.15) is 15.9 Å². The molecule has 0 unspecified atom stereocenters. The second kappa shape index (κ2) is 4.79. The van der Waals surface area contributed by atoms with E-state index in [1.807, 2.05) is 0 Å². The number of carbonyl (C=O) groups excluding carboxylic acids is 1. The van der Waals surface area contributed by atoms with Gasteiger partial charge in [0.15, 0.2) is 0 Å². The van der Waals surface area contributed by atoms with Crippen molar-refractivity contribution in [2.75, 3.05) is 5.32 Å². The van der Waals surface area contributed by atoms with Crippen molar-refractivity contribution >= 4 is 11.6 Å². The van der Waals surface area contributed by atoms with Gasteiger partial charge in [-0.1, -0.05) is 18.2 Å². The summed E-state index contributed by atoms with van der Waals surface area (Å²) in [5.41, 5.74) is 1.32. The van der Waals surface area contributed by atoms with Gasteiger partial charge in [0.25, 0.3) is 5.91 Å². The summed E-state index contributed by atoms with van der Waals surface area (Å²) >= 11 is 0. The Labute approximate surface area is 105 Å². The number of amides is 1. The largest absolute Gasteiger partial charge is 0.508 e. The standard InChI is InChI=1S/C14H13NO3/c1-9-4-2-7-12(13(9)17)14(18)15-10-5-3-6-11(16)8-10/h2-8,16-17H,1H3,(H,15,18). The SMILES string of the molecule is Cc1cccc(C(=O)Nc2cccc(O)c2)c1O. The number of hydrogen-bond acceptors (Lipinski definition) is 3. The Morgan fingerprint density at radius 3 is 2.56 bits per heavy atom. The average Bonchev–Trinajstić information content (AvgIpc) is 2.32. The molecular formula is C14H13NO3. The fraction of sp³-hybridized carbons (Fsp3) is 0.0714. The summed E-state index contributed by atoms with van der Waals surface area (Å²) < 4.78 is 0. The smallest absolute Gasteiger partial charge is 0.259 e. The van der Waals surface area contributed by atoms with E-state index in [4.69, 9.17) is 0 Å². The Balaban J connectivity index is 2.25. The molecule has 2 aromatic rings. The Hall–Kier alpha value is -2.49. The number of anilines is 1. The molecule has 0 spiro atoms. The summed E-state index contributed by atoms with van der Waals surface area (Å²) in [6.07, 6.45) is 0. The lowest BCUT2D eigenvalue weighted by molar-refractivity contribution is 0.102. The van der Waals surface area contributed by atoms with Gasteiger partial charge < -0.3 is 15.5 Å². The zero-order valence-electron chi connectivity index (χ0n) is 9.84. The van der Waals surface area contributed by atoms with E-state index in [2.05, 4.69) is 5.32 Å². The average molecular weight is 243 g/mol. The highest BCUT2D eigenvalue weighted by Crippen LogP contribution is 2.23. The molecule has 0 atom stereocenters. The number of phenolic OH excluding ortho intramolecular Hbond substituents is 2. The van der Waals surface area contributed by atoms with E-state index in [9.17, 15) is 15.0 Å². The van der Waals surface area contributed by atoms with Crippen LogP contribution in [0.2, 0.25) is 0 Å². The molecule has 0 saturated carbocycles. The fourth-order valence-electron chi connectivity index (χ4n) is 1.62. The summed E-state index contributed by atoms with van der Waals surface area (Å²) in [5, 5.41) is 21.7. The van der Waals surface area contributed by atoms with E-state index >= 15 is 0 Å². The van der Waals surface area contributed by atoms with Crippen LogP contribution in [-0.2, 0) is 0 Å². The molecule has 0 heterocycles. The minimum absolute atomic E-state index is 0.0323. The van der Waals surface area contributed by atoms with Crippen molar-refractivity contribution in [1.29, 1.82) is 0 Å².